The van der Waals surface area contributed by atoms with E-state index in [2.05, 4.69) is 0 Å². The Morgan fingerprint density at radius 2 is 2.05 bits per heavy atom. The lowest BCUT2D eigenvalue weighted by atomic mass is 9.74. The maximum atomic E-state index is 13.1. The van der Waals surface area contributed by atoms with Crippen LogP contribution in [0.1, 0.15) is 36.0 Å². The van der Waals surface area contributed by atoms with Crippen LogP contribution < -0.4 is 0 Å². The second-order valence-corrected chi connectivity index (χ2v) is 6.47. The monoisotopic (exact) mass is 311 g/mol. The average molecular weight is 312 g/mol. The standard InChI is InChI=1S/C16H19ClFNO2/c17-14-10-12(18)2-3-13(14)15(20)19-7-1-4-16(11-19)5-8-21-9-6-16/h2-3,10H,1,4-9,11H2. The molecule has 2 saturated heterocycles. The van der Waals surface area contributed by atoms with E-state index < -0.39 is 5.82 Å². The summed E-state index contributed by atoms with van der Waals surface area (Å²) in [6, 6.07) is 3.96. The molecule has 0 N–H and O–H groups in total. The zero-order chi connectivity index (χ0) is 14.9. The molecule has 2 fully saturated rings. The van der Waals surface area contributed by atoms with Crippen LogP contribution in [0.4, 0.5) is 4.39 Å². The topological polar surface area (TPSA) is 29.5 Å². The Bertz CT molecular complexity index is 538. The van der Waals surface area contributed by atoms with Crippen LogP contribution in [-0.4, -0.2) is 37.1 Å². The number of rotatable bonds is 1. The van der Waals surface area contributed by atoms with Crippen LogP contribution in [-0.2, 0) is 4.74 Å². The Kier molecular flexibility index (Phi) is 4.18. The molecular weight excluding hydrogens is 293 g/mol. The fourth-order valence-corrected chi connectivity index (χ4v) is 3.68. The number of carbonyl (C=O) groups is 1. The molecule has 1 amide bonds. The third kappa shape index (κ3) is 3.06. The highest BCUT2D eigenvalue weighted by Gasteiger charge is 2.38. The Hall–Kier alpha value is -1.13. The molecule has 21 heavy (non-hydrogen) atoms. The van der Waals surface area contributed by atoms with Crippen LogP contribution in [0.2, 0.25) is 5.02 Å². The molecule has 0 atom stereocenters. The summed E-state index contributed by atoms with van der Waals surface area (Å²) in [6.07, 6.45) is 4.17. The molecule has 2 aliphatic heterocycles. The minimum atomic E-state index is -0.420. The van der Waals surface area contributed by atoms with Crippen LogP contribution >= 0.6 is 11.6 Å². The molecule has 0 saturated carbocycles. The van der Waals surface area contributed by atoms with E-state index in [-0.39, 0.29) is 16.3 Å². The van der Waals surface area contributed by atoms with Gasteiger partial charge in [0.15, 0.2) is 0 Å². The number of nitrogens with zero attached hydrogens (tertiary/aromatic N) is 1. The number of likely N-dealkylation sites (tertiary alicyclic amines) is 1. The highest BCUT2D eigenvalue weighted by Crippen LogP contribution is 2.39. The van der Waals surface area contributed by atoms with Crippen molar-refractivity contribution in [2.45, 2.75) is 25.7 Å². The third-order valence-corrected chi connectivity index (χ3v) is 4.98. The Morgan fingerprint density at radius 1 is 1.29 bits per heavy atom. The third-order valence-electron chi connectivity index (χ3n) is 4.66. The fraction of sp³-hybridized carbons (Fsp3) is 0.562. The first-order chi connectivity index (χ1) is 10.1. The molecule has 2 aliphatic rings. The zero-order valence-corrected chi connectivity index (χ0v) is 12.7. The van der Waals surface area contributed by atoms with Crippen molar-refractivity contribution in [1.82, 2.24) is 4.90 Å². The van der Waals surface area contributed by atoms with Crippen LogP contribution in [0.25, 0.3) is 0 Å². The predicted octanol–water partition coefficient (Wildman–Crippen LogP) is 3.51. The van der Waals surface area contributed by atoms with Gasteiger partial charge in [-0.2, -0.15) is 0 Å². The molecule has 1 aromatic carbocycles. The second kappa shape index (κ2) is 5.93. The van der Waals surface area contributed by atoms with E-state index in [0.29, 0.717) is 5.56 Å². The number of ether oxygens (including phenoxy) is 1. The second-order valence-electron chi connectivity index (χ2n) is 6.07. The number of carbonyl (C=O) groups excluding carboxylic acids is 1. The summed E-state index contributed by atoms with van der Waals surface area (Å²) >= 11 is 6.01. The molecule has 3 rings (SSSR count). The van der Waals surface area contributed by atoms with Crippen LogP contribution in [0, 0.1) is 11.2 Å². The molecular formula is C16H19ClFNO2. The Labute approximate surface area is 129 Å². The normalized spacial score (nSPS) is 21.5. The van der Waals surface area contributed by atoms with E-state index in [4.69, 9.17) is 16.3 Å². The summed E-state index contributed by atoms with van der Waals surface area (Å²) < 4.78 is 18.6. The van der Waals surface area contributed by atoms with Crippen LogP contribution in [0.3, 0.4) is 0 Å². The molecule has 1 aromatic rings. The van der Waals surface area contributed by atoms with Gasteiger partial charge in [0.05, 0.1) is 10.6 Å². The van der Waals surface area contributed by atoms with Crippen molar-refractivity contribution in [3.63, 3.8) is 0 Å². The van der Waals surface area contributed by atoms with E-state index in [1.807, 2.05) is 4.90 Å². The van der Waals surface area contributed by atoms with Crippen molar-refractivity contribution >= 4 is 17.5 Å². The molecule has 3 nitrogen and oxygen atoms in total. The highest BCUT2D eigenvalue weighted by molar-refractivity contribution is 6.33. The molecule has 0 aliphatic carbocycles. The predicted molar refractivity (Wildman–Crippen MR) is 79.0 cm³/mol. The van der Waals surface area contributed by atoms with Crippen LogP contribution in [0.15, 0.2) is 18.2 Å². The number of halogens is 2. The van der Waals surface area contributed by atoms with Gasteiger partial charge < -0.3 is 9.64 Å². The van der Waals surface area contributed by atoms with Gasteiger partial charge in [-0.05, 0) is 49.3 Å². The number of hydrogen-bond donors (Lipinski definition) is 0. The summed E-state index contributed by atoms with van der Waals surface area (Å²) in [5.41, 5.74) is 0.584. The highest BCUT2D eigenvalue weighted by atomic mass is 35.5. The largest absolute Gasteiger partial charge is 0.381 e. The lowest BCUT2D eigenvalue weighted by molar-refractivity contribution is -0.0229. The Balaban J connectivity index is 1.77. The van der Waals surface area contributed by atoms with Gasteiger partial charge in [0.1, 0.15) is 5.82 Å². The minimum Gasteiger partial charge on any atom is -0.381 e. The average Bonchev–Trinajstić information content (AvgIpc) is 2.47. The van der Waals surface area contributed by atoms with E-state index in [1.165, 1.54) is 18.2 Å². The first-order valence-electron chi connectivity index (χ1n) is 7.42. The first kappa shape index (κ1) is 14.8. The molecule has 1 spiro atoms. The summed E-state index contributed by atoms with van der Waals surface area (Å²) in [5, 5.41) is 0.187. The molecule has 0 bridgehead atoms. The van der Waals surface area contributed by atoms with Gasteiger partial charge in [0, 0.05) is 26.3 Å². The molecule has 114 valence electrons. The van der Waals surface area contributed by atoms with Crippen molar-refractivity contribution in [1.29, 1.82) is 0 Å². The van der Waals surface area contributed by atoms with E-state index in [0.717, 1.165) is 52.0 Å². The summed E-state index contributed by atoms with van der Waals surface area (Å²) in [5.74, 6) is -0.512. The van der Waals surface area contributed by atoms with Gasteiger partial charge in [-0.25, -0.2) is 4.39 Å². The molecule has 5 heteroatoms. The molecule has 0 aromatic heterocycles. The van der Waals surface area contributed by atoms with Crippen molar-refractivity contribution in [3.8, 4) is 0 Å². The molecule has 0 unspecified atom stereocenters. The van der Waals surface area contributed by atoms with E-state index >= 15 is 0 Å². The van der Waals surface area contributed by atoms with Crippen molar-refractivity contribution in [2.75, 3.05) is 26.3 Å². The van der Waals surface area contributed by atoms with E-state index in [9.17, 15) is 9.18 Å². The number of amides is 1. The van der Waals surface area contributed by atoms with Gasteiger partial charge >= 0.3 is 0 Å². The number of piperidine rings is 1. The van der Waals surface area contributed by atoms with Crippen molar-refractivity contribution in [3.05, 3.63) is 34.6 Å². The fourth-order valence-electron chi connectivity index (χ4n) is 3.43. The smallest absolute Gasteiger partial charge is 0.255 e. The van der Waals surface area contributed by atoms with Crippen molar-refractivity contribution < 1.29 is 13.9 Å². The van der Waals surface area contributed by atoms with E-state index in [1.54, 1.807) is 0 Å². The Morgan fingerprint density at radius 3 is 2.76 bits per heavy atom. The lowest BCUT2D eigenvalue weighted by Gasteiger charge is -2.45. The quantitative estimate of drug-likeness (QED) is 0.794. The SMILES string of the molecule is O=C(c1ccc(F)cc1Cl)N1CCCC2(CCOCC2)C1. The zero-order valence-electron chi connectivity index (χ0n) is 11.9. The lowest BCUT2D eigenvalue weighted by Crippen LogP contribution is -2.48. The van der Waals surface area contributed by atoms with Gasteiger partial charge in [-0.15, -0.1) is 0 Å². The number of benzene rings is 1. The maximum absolute atomic E-state index is 13.1. The summed E-state index contributed by atoms with van der Waals surface area (Å²) in [6.45, 7) is 3.05. The van der Waals surface area contributed by atoms with Crippen molar-refractivity contribution in [2.24, 2.45) is 5.41 Å². The minimum absolute atomic E-state index is 0.0921. The molecule has 0 radical (unpaired) electrons. The number of hydrogen-bond acceptors (Lipinski definition) is 2. The van der Waals surface area contributed by atoms with Crippen LogP contribution in [0.5, 0.6) is 0 Å². The summed E-state index contributed by atoms with van der Waals surface area (Å²) in [7, 11) is 0. The first-order valence-corrected chi connectivity index (χ1v) is 7.80. The molecule has 2 heterocycles. The van der Waals surface area contributed by atoms with Gasteiger partial charge in [0.2, 0.25) is 0 Å². The maximum Gasteiger partial charge on any atom is 0.255 e. The van der Waals surface area contributed by atoms with Gasteiger partial charge in [-0.1, -0.05) is 11.6 Å². The van der Waals surface area contributed by atoms with Gasteiger partial charge in [0.25, 0.3) is 5.91 Å². The van der Waals surface area contributed by atoms with Gasteiger partial charge in [-0.3, -0.25) is 4.79 Å². The summed E-state index contributed by atoms with van der Waals surface area (Å²) in [4.78, 5) is 14.5.